The van der Waals surface area contributed by atoms with Gasteiger partial charge < -0.3 is 0 Å². The first-order valence-electron chi connectivity index (χ1n) is 13.5. The van der Waals surface area contributed by atoms with Crippen LogP contribution in [-0.2, 0) is 10.8 Å². The summed E-state index contributed by atoms with van der Waals surface area (Å²) in [6.45, 7) is 8.55. The summed E-state index contributed by atoms with van der Waals surface area (Å²) in [5.41, 5.74) is 10.2. The van der Waals surface area contributed by atoms with E-state index in [9.17, 15) is 4.21 Å². The lowest BCUT2D eigenvalue weighted by atomic mass is 10.0. The normalized spacial score (nSPS) is 10.6. The maximum Gasteiger partial charge on any atom is 0.174 e. The monoisotopic (exact) mass is 598 g/mol. The van der Waals surface area contributed by atoms with Gasteiger partial charge in [0.15, 0.2) is 10.8 Å². The number of rotatable bonds is 4. The first-order chi connectivity index (χ1) is 20.2. The number of allylic oxidation sites excluding steroid dienone is 2. The molecule has 4 aromatic carbocycles. The highest BCUT2D eigenvalue weighted by molar-refractivity contribution is 7.94. The minimum absolute atomic E-state index is 1.26. The first kappa shape index (κ1) is 29.3. The largest absolute Gasteiger partial charge is 0.232 e. The third kappa shape index (κ3) is 6.48. The molecule has 6 rings (SSSR count). The minimum atomic E-state index is -1.48. The standard InChI is InChI=1S/C34H28S2.C4H2OS/c1-21(2)17-23-5-9-25(10-6-23)27-13-15-29-31(19-27)35-34-30-16-14-28(20-32(30)36-33(29)34)26-11-7-24(8-12-26)18-22(3)4;1-3-6(5)4-2/h5-20H,1-4H3;1-2H. The molecule has 0 N–H and O–H groups in total. The van der Waals surface area contributed by atoms with Gasteiger partial charge in [0.05, 0.1) is 9.40 Å². The SMILES string of the molecule is C#CS(=O)C#C.CC(C)=Cc1ccc(-c2ccc3c(c2)sc2c4ccc(-c5ccc(C=C(C)C)cc5)cc4sc32)cc1. The molecule has 42 heavy (non-hydrogen) atoms. The smallest absolute Gasteiger partial charge is 0.174 e. The zero-order valence-corrected chi connectivity index (χ0v) is 26.5. The molecule has 0 amide bonds. The number of hydrogen-bond donors (Lipinski definition) is 0. The summed E-state index contributed by atoms with van der Waals surface area (Å²) in [7, 11) is -1.48. The van der Waals surface area contributed by atoms with Gasteiger partial charge in [0.25, 0.3) is 0 Å². The Balaban J connectivity index is 0.000000535. The molecule has 0 aliphatic rings. The molecular formula is C38H30OS3. The van der Waals surface area contributed by atoms with Gasteiger partial charge >= 0.3 is 0 Å². The van der Waals surface area contributed by atoms with E-state index in [0.29, 0.717) is 0 Å². The lowest BCUT2D eigenvalue weighted by molar-refractivity contribution is 0.695. The molecule has 0 spiro atoms. The Hall–Kier alpha value is -4.19. The average molecular weight is 599 g/mol. The molecule has 0 atom stereocenters. The van der Waals surface area contributed by atoms with Gasteiger partial charge in [0, 0.05) is 30.7 Å². The van der Waals surface area contributed by atoms with Gasteiger partial charge in [0.1, 0.15) is 0 Å². The van der Waals surface area contributed by atoms with Crippen molar-refractivity contribution >= 4 is 75.2 Å². The summed E-state index contributed by atoms with van der Waals surface area (Å²) in [4.78, 5) is 0. The maximum atomic E-state index is 9.82. The van der Waals surface area contributed by atoms with Crippen LogP contribution in [0.2, 0.25) is 0 Å². The van der Waals surface area contributed by atoms with Crippen molar-refractivity contribution in [2.45, 2.75) is 27.7 Å². The minimum Gasteiger partial charge on any atom is -0.232 e. The van der Waals surface area contributed by atoms with Crippen LogP contribution in [-0.4, -0.2) is 4.21 Å². The summed E-state index contributed by atoms with van der Waals surface area (Å²) in [6.07, 6.45) is 13.6. The molecule has 0 saturated carbocycles. The number of terminal acetylenes is 2. The summed E-state index contributed by atoms with van der Waals surface area (Å²) < 4.78 is 15.4. The van der Waals surface area contributed by atoms with Crippen LogP contribution in [0, 0.1) is 23.4 Å². The number of benzene rings is 4. The predicted octanol–water partition coefficient (Wildman–Crippen LogP) is 11.4. The Morgan fingerprint density at radius 1 is 0.595 bits per heavy atom. The summed E-state index contributed by atoms with van der Waals surface area (Å²) in [5.74, 6) is 0. The molecule has 2 heterocycles. The highest BCUT2D eigenvalue weighted by atomic mass is 32.2. The van der Waals surface area contributed by atoms with Gasteiger partial charge in [-0.05, 0) is 73.2 Å². The summed E-state index contributed by atoms with van der Waals surface area (Å²) in [5, 5.41) is 6.44. The molecular weight excluding hydrogens is 569 g/mol. The van der Waals surface area contributed by atoms with Gasteiger partial charge in [-0.2, -0.15) is 0 Å². The van der Waals surface area contributed by atoms with Crippen LogP contribution < -0.4 is 0 Å². The predicted molar refractivity (Wildman–Crippen MR) is 190 cm³/mol. The number of thiophene rings is 2. The lowest BCUT2D eigenvalue weighted by Gasteiger charge is -2.04. The fraction of sp³-hybridized carbons (Fsp3) is 0.105. The van der Waals surface area contributed by atoms with E-state index in [1.165, 1.54) is 74.1 Å². The molecule has 206 valence electrons. The van der Waals surface area contributed by atoms with Gasteiger partial charge in [-0.1, -0.05) is 96.1 Å². The van der Waals surface area contributed by atoms with E-state index < -0.39 is 10.8 Å². The molecule has 0 bridgehead atoms. The molecule has 2 aromatic heterocycles. The van der Waals surface area contributed by atoms with Crippen LogP contribution in [0.1, 0.15) is 38.8 Å². The van der Waals surface area contributed by atoms with Crippen molar-refractivity contribution in [2.24, 2.45) is 0 Å². The Kier molecular flexibility index (Phi) is 8.91. The molecule has 0 radical (unpaired) electrons. The molecule has 0 aliphatic carbocycles. The van der Waals surface area contributed by atoms with Crippen molar-refractivity contribution in [3.05, 3.63) is 107 Å². The van der Waals surface area contributed by atoms with E-state index in [4.69, 9.17) is 0 Å². The second-order valence-corrected chi connectivity index (χ2v) is 13.6. The van der Waals surface area contributed by atoms with Crippen molar-refractivity contribution in [3.63, 3.8) is 0 Å². The van der Waals surface area contributed by atoms with Crippen molar-refractivity contribution in [3.8, 4) is 45.6 Å². The van der Waals surface area contributed by atoms with Crippen LogP contribution in [0.5, 0.6) is 0 Å². The van der Waals surface area contributed by atoms with Crippen LogP contribution >= 0.6 is 22.7 Å². The maximum absolute atomic E-state index is 9.82. The number of hydrogen-bond acceptors (Lipinski definition) is 3. The van der Waals surface area contributed by atoms with Crippen LogP contribution in [0.15, 0.2) is 96.1 Å². The second kappa shape index (κ2) is 12.8. The zero-order chi connectivity index (χ0) is 29.8. The van der Waals surface area contributed by atoms with E-state index in [2.05, 4.69) is 138 Å². The Morgan fingerprint density at radius 3 is 1.26 bits per heavy atom. The van der Waals surface area contributed by atoms with Gasteiger partial charge in [0.2, 0.25) is 0 Å². The number of fused-ring (bicyclic) bond motifs is 5. The van der Waals surface area contributed by atoms with Crippen molar-refractivity contribution in [1.82, 2.24) is 0 Å². The Bertz CT molecular complexity index is 1930. The van der Waals surface area contributed by atoms with Crippen LogP contribution in [0.4, 0.5) is 0 Å². The molecule has 0 saturated heterocycles. The fourth-order valence-electron chi connectivity index (χ4n) is 4.86. The molecule has 0 aliphatic heterocycles. The average Bonchev–Trinajstić information content (AvgIpc) is 3.52. The highest BCUT2D eigenvalue weighted by Gasteiger charge is 2.14. The highest BCUT2D eigenvalue weighted by Crippen LogP contribution is 2.46. The molecule has 0 unspecified atom stereocenters. The lowest BCUT2D eigenvalue weighted by Crippen LogP contribution is -1.79. The van der Waals surface area contributed by atoms with Gasteiger partial charge in [-0.15, -0.1) is 35.5 Å². The van der Waals surface area contributed by atoms with Crippen molar-refractivity contribution in [2.75, 3.05) is 0 Å². The third-order valence-electron chi connectivity index (χ3n) is 6.70. The molecule has 0 fully saturated rings. The summed E-state index contributed by atoms with van der Waals surface area (Å²) >= 11 is 3.84. The first-order valence-corrected chi connectivity index (χ1v) is 16.3. The third-order valence-corrected chi connectivity index (χ3v) is 9.62. The zero-order valence-electron chi connectivity index (χ0n) is 24.0. The van der Waals surface area contributed by atoms with Crippen molar-refractivity contribution < 1.29 is 4.21 Å². The van der Waals surface area contributed by atoms with Crippen molar-refractivity contribution in [1.29, 1.82) is 0 Å². The van der Waals surface area contributed by atoms with Gasteiger partial charge in [-0.25, -0.2) is 4.21 Å². The summed E-state index contributed by atoms with van der Waals surface area (Å²) in [6, 6.07) is 31.6. The molecule has 6 aromatic rings. The van der Waals surface area contributed by atoms with E-state index >= 15 is 0 Å². The van der Waals surface area contributed by atoms with Crippen LogP contribution in [0.25, 0.3) is 64.0 Å². The Labute approximate surface area is 258 Å². The van der Waals surface area contributed by atoms with E-state index in [1.807, 2.05) is 33.2 Å². The van der Waals surface area contributed by atoms with Gasteiger partial charge in [-0.3, -0.25) is 0 Å². The van der Waals surface area contributed by atoms with E-state index in [0.717, 1.165) is 0 Å². The Morgan fingerprint density at radius 2 is 0.952 bits per heavy atom. The van der Waals surface area contributed by atoms with Crippen LogP contribution in [0.3, 0.4) is 0 Å². The second-order valence-electron chi connectivity index (χ2n) is 10.5. The van der Waals surface area contributed by atoms with E-state index in [-0.39, 0.29) is 0 Å². The molecule has 4 heteroatoms. The fourth-order valence-corrected chi connectivity index (χ4v) is 7.66. The molecule has 1 nitrogen and oxygen atoms in total. The topological polar surface area (TPSA) is 17.1 Å². The van der Waals surface area contributed by atoms with E-state index in [1.54, 1.807) is 0 Å². The quantitative estimate of drug-likeness (QED) is 0.185.